The Labute approximate surface area is 71.4 Å². The summed E-state index contributed by atoms with van der Waals surface area (Å²) in [4.78, 5) is 11.2. The zero-order chi connectivity index (χ0) is 8.10. The fourth-order valence-electron chi connectivity index (χ4n) is 1.32. The zero-order valence-corrected chi connectivity index (χ0v) is 7.40. The highest BCUT2D eigenvalue weighted by Crippen LogP contribution is 2.24. The second-order valence-electron chi connectivity index (χ2n) is 2.80. The van der Waals surface area contributed by atoms with Crippen LogP contribution in [0.15, 0.2) is 0 Å². The standard InChI is InChI=1S/C8H14O2S/c9-5-6-11-8-4-2-1-3-7(8)10/h8-9H,1-6H2. The van der Waals surface area contributed by atoms with E-state index < -0.39 is 0 Å². The summed E-state index contributed by atoms with van der Waals surface area (Å²) < 4.78 is 0. The molecule has 0 aromatic rings. The van der Waals surface area contributed by atoms with Crippen molar-refractivity contribution >= 4 is 17.5 Å². The van der Waals surface area contributed by atoms with Crippen molar-refractivity contribution in [2.45, 2.75) is 30.9 Å². The predicted molar refractivity (Wildman–Crippen MR) is 46.8 cm³/mol. The van der Waals surface area contributed by atoms with Gasteiger partial charge in [0.05, 0.1) is 11.9 Å². The van der Waals surface area contributed by atoms with Crippen molar-refractivity contribution in [2.75, 3.05) is 12.4 Å². The van der Waals surface area contributed by atoms with Crippen molar-refractivity contribution in [3.05, 3.63) is 0 Å². The molecule has 64 valence electrons. The van der Waals surface area contributed by atoms with E-state index in [1.165, 1.54) is 6.42 Å². The largest absolute Gasteiger partial charge is 0.396 e. The third kappa shape index (κ3) is 2.83. The number of aliphatic hydroxyl groups is 1. The summed E-state index contributed by atoms with van der Waals surface area (Å²) in [7, 11) is 0. The van der Waals surface area contributed by atoms with Crippen LogP contribution in [0.5, 0.6) is 0 Å². The fourth-order valence-corrected chi connectivity index (χ4v) is 2.35. The Hall–Kier alpha value is -0.0200. The highest BCUT2D eigenvalue weighted by Gasteiger charge is 2.21. The van der Waals surface area contributed by atoms with Crippen LogP contribution in [0.25, 0.3) is 0 Å². The Morgan fingerprint density at radius 2 is 2.36 bits per heavy atom. The molecule has 3 heteroatoms. The molecule has 1 atom stereocenters. The molecule has 1 saturated carbocycles. The van der Waals surface area contributed by atoms with Crippen molar-refractivity contribution in [3.8, 4) is 0 Å². The van der Waals surface area contributed by atoms with Crippen LogP contribution in [0, 0.1) is 0 Å². The van der Waals surface area contributed by atoms with Crippen LogP contribution >= 0.6 is 11.8 Å². The molecule has 0 spiro atoms. The summed E-state index contributed by atoms with van der Waals surface area (Å²) in [5, 5.41) is 8.74. The van der Waals surface area contributed by atoms with Gasteiger partial charge in [0.25, 0.3) is 0 Å². The quantitative estimate of drug-likeness (QED) is 0.699. The van der Waals surface area contributed by atoms with Crippen LogP contribution in [0.1, 0.15) is 25.7 Å². The summed E-state index contributed by atoms with van der Waals surface area (Å²) in [6.45, 7) is 0.189. The first-order chi connectivity index (χ1) is 5.34. The van der Waals surface area contributed by atoms with E-state index in [1.54, 1.807) is 11.8 Å². The van der Waals surface area contributed by atoms with Gasteiger partial charge in [0.2, 0.25) is 0 Å². The Morgan fingerprint density at radius 1 is 1.55 bits per heavy atom. The van der Waals surface area contributed by atoms with Crippen LogP contribution in [0.2, 0.25) is 0 Å². The Balaban J connectivity index is 2.24. The summed E-state index contributed by atoms with van der Waals surface area (Å²) in [6, 6.07) is 0. The first-order valence-corrected chi connectivity index (χ1v) is 5.14. The lowest BCUT2D eigenvalue weighted by Gasteiger charge is -2.19. The Bertz CT molecular complexity index is 136. The van der Waals surface area contributed by atoms with E-state index in [2.05, 4.69) is 0 Å². The maximum absolute atomic E-state index is 11.2. The number of carbonyl (C=O) groups is 1. The van der Waals surface area contributed by atoms with Crippen LogP contribution in [0.4, 0.5) is 0 Å². The van der Waals surface area contributed by atoms with E-state index in [9.17, 15) is 4.79 Å². The smallest absolute Gasteiger partial charge is 0.145 e. The maximum Gasteiger partial charge on any atom is 0.145 e. The number of aliphatic hydroxyl groups excluding tert-OH is 1. The molecule has 0 amide bonds. The van der Waals surface area contributed by atoms with Crippen molar-refractivity contribution in [2.24, 2.45) is 0 Å². The molecule has 1 fully saturated rings. The monoisotopic (exact) mass is 174 g/mol. The van der Waals surface area contributed by atoms with Gasteiger partial charge >= 0.3 is 0 Å². The molecule has 0 radical (unpaired) electrons. The van der Waals surface area contributed by atoms with Crippen LogP contribution in [-0.4, -0.2) is 28.5 Å². The second-order valence-corrected chi connectivity index (χ2v) is 4.11. The second kappa shape index (κ2) is 4.78. The lowest BCUT2D eigenvalue weighted by Crippen LogP contribution is -2.22. The van der Waals surface area contributed by atoms with Crippen molar-refractivity contribution in [3.63, 3.8) is 0 Å². The molecule has 1 aliphatic rings. The highest BCUT2D eigenvalue weighted by atomic mass is 32.2. The average Bonchev–Trinajstić information content (AvgIpc) is 2.03. The van der Waals surface area contributed by atoms with E-state index in [0.29, 0.717) is 11.5 Å². The minimum absolute atomic E-state index is 0.189. The Morgan fingerprint density at radius 3 is 3.00 bits per heavy atom. The first-order valence-electron chi connectivity index (χ1n) is 4.10. The molecule has 1 unspecified atom stereocenters. The molecule has 0 heterocycles. The topological polar surface area (TPSA) is 37.3 Å². The molecule has 0 saturated heterocycles. The summed E-state index contributed by atoms with van der Waals surface area (Å²) in [5.74, 6) is 1.09. The van der Waals surface area contributed by atoms with Gasteiger partial charge in [0, 0.05) is 12.2 Å². The van der Waals surface area contributed by atoms with Gasteiger partial charge in [0.1, 0.15) is 5.78 Å². The third-order valence-corrected chi connectivity index (χ3v) is 3.23. The molecule has 0 aliphatic heterocycles. The van der Waals surface area contributed by atoms with E-state index in [1.807, 2.05) is 0 Å². The third-order valence-electron chi connectivity index (χ3n) is 1.91. The number of rotatable bonds is 3. The molecule has 0 bridgehead atoms. The summed E-state index contributed by atoms with van der Waals surface area (Å²) >= 11 is 1.61. The van der Waals surface area contributed by atoms with E-state index in [-0.39, 0.29) is 11.9 Å². The first kappa shape index (κ1) is 9.07. The maximum atomic E-state index is 11.2. The van der Waals surface area contributed by atoms with Gasteiger partial charge < -0.3 is 5.11 Å². The van der Waals surface area contributed by atoms with Gasteiger partial charge in [-0.2, -0.15) is 0 Å². The van der Waals surface area contributed by atoms with Crippen LogP contribution in [-0.2, 0) is 4.79 Å². The highest BCUT2D eigenvalue weighted by molar-refractivity contribution is 8.00. The van der Waals surface area contributed by atoms with Gasteiger partial charge in [-0.25, -0.2) is 0 Å². The van der Waals surface area contributed by atoms with Gasteiger partial charge in [-0.15, -0.1) is 11.8 Å². The number of hydrogen-bond acceptors (Lipinski definition) is 3. The van der Waals surface area contributed by atoms with Crippen molar-refractivity contribution < 1.29 is 9.90 Å². The van der Waals surface area contributed by atoms with Crippen LogP contribution in [0.3, 0.4) is 0 Å². The van der Waals surface area contributed by atoms with Gasteiger partial charge in [-0.3, -0.25) is 4.79 Å². The van der Waals surface area contributed by atoms with Crippen molar-refractivity contribution in [1.29, 1.82) is 0 Å². The average molecular weight is 174 g/mol. The predicted octanol–water partition coefficient (Wildman–Crippen LogP) is 1.22. The molecule has 11 heavy (non-hydrogen) atoms. The molecule has 0 aromatic carbocycles. The molecule has 2 nitrogen and oxygen atoms in total. The summed E-state index contributed by atoms with van der Waals surface area (Å²) in [5.41, 5.74) is 0. The minimum atomic E-state index is 0.189. The number of ketones is 1. The molecular weight excluding hydrogens is 160 g/mol. The molecule has 1 rings (SSSR count). The van der Waals surface area contributed by atoms with E-state index >= 15 is 0 Å². The number of hydrogen-bond donors (Lipinski definition) is 1. The van der Waals surface area contributed by atoms with Gasteiger partial charge in [0.15, 0.2) is 0 Å². The summed E-state index contributed by atoms with van der Waals surface area (Å²) in [6.07, 6.45) is 4.01. The molecule has 0 aromatic heterocycles. The van der Waals surface area contributed by atoms with E-state index in [4.69, 9.17) is 5.11 Å². The van der Waals surface area contributed by atoms with E-state index in [0.717, 1.165) is 19.3 Å². The number of thioether (sulfide) groups is 1. The number of Topliss-reactive ketones (excluding diaryl/α,β-unsaturated/α-hetero) is 1. The molecule has 1 aliphatic carbocycles. The Kier molecular flexibility index (Phi) is 3.94. The normalized spacial score (nSPS) is 25.5. The van der Waals surface area contributed by atoms with Gasteiger partial charge in [-0.05, 0) is 12.8 Å². The lowest BCUT2D eigenvalue weighted by atomic mass is 9.99. The molecular formula is C8H14O2S. The number of carbonyl (C=O) groups excluding carboxylic acids is 1. The van der Waals surface area contributed by atoms with Crippen LogP contribution < -0.4 is 0 Å². The van der Waals surface area contributed by atoms with Gasteiger partial charge in [-0.1, -0.05) is 6.42 Å². The fraction of sp³-hybridized carbons (Fsp3) is 0.875. The lowest BCUT2D eigenvalue weighted by molar-refractivity contribution is -0.119. The molecule has 1 N–H and O–H groups in total. The van der Waals surface area contributed by atoms with Crippen molar-refractivity contribution in [1.82, 2.24) is 0 Å². The SMILES string of the molecule is O=C1CCCCC1SCCO. The minimum Gasteiger partial charge on any atom is -0.396 e. The zero-order valence-electron chi connectivity index (χ0n) is 6.58.